The summed E-state index contributed by atoms with van der Waals surface area (Å²) in [4.78, 5) is 30.1. The first-order valence-electron chi connectivity index (χ1n) is 9.21. The summed E-state index contributed by atoms with van der Waals surface area (Å²) < 4.78 is 3.39. The van der Waals surface area contributed by atoms with E-state index in [1.807, 2.05) is 66.2 Å². The van der Waals surface area contributed by atoms with Gasteiger partial charge in [0.25, 0.3) is 5.56 Å². The molecular formula is C21H21N5O2S. The van der Waals surface area contributed by atoms with Crippen LogP contribution in [0.2, 0.25) is 0 Å². The molecule has 7 nitrogen and oxygen atoms in total. The molecule has 0 aliphatic rings. The number of nitrogens with one attached hydrogen (secondary N) is 2. The van der Waals surface area contributed by atoms with Crippen molar-refractivity contribution in [3.8, 4) is 5.69 Å². The fourth-order valence-corrected chi connectivity index (χ4v) is 4.01. The van der Waals surface area contributed by atoms with Crippen molar-refractivity contribution in [1.82, 2.24) is 19.3 Å². The maximum absolute atomic E-state index is 12.8. The molecule has 1 unspecified atom stereocenters. The summed E-state index contributed by atoms with van der Waals surface area (Å²) in [7, 11) is 1.93. The van der Waals surface area contributed by atoms with Crippen LogP contribution in [0.1, 0.15) is 12.6 Å². The molecule has 29 heavy (non-hydrogen) atoms. The van der Waals surface area contributed by atoms with Crippen LogP contribution in [-0.2, 0) is 11.8 Å². The fraction of sp³-hybridized carbons (Fsp3) is 0.190. The molecule has 8 heteroatoms. The highest BCUT2D eigenvalue weighted by Gasteiger charge is 2.21. The molecular weight excluding hydrogens is 386 g/mol. The molecule has 0 saturated carbocycles. The third-order valence-electron chi connectivity index (χ3n) is 4.73. The van der Waals surface area contributed by atoms with Gasteiger partial charge in [0.1, 0.15) is 5.69 Å². The highest BCUT2D eigenvalue weighted by atomic mass is 32.2. The lowest BCUT2D eigenvalue weighted by molar-refractivity contribution is -0.115. The number of carbonyl (C=O) groups is 1. The molecule has 0 spiro atoms. The van der Waals surface area contributed by atoms with E-state index in [0.717, 1.165) is 16.2 Å². The Hall–Kier alpha value is -3.26. The molecule has 0 aliphatic heterocycles. The number of thioether (sulfide) groups is 1. The molecule has 1 amide bonds. The second-order valence-electron chi connectivity index (χ2n) is 6.78. The minimum atomic E-state index is -0.426. The maximum Gasteiger partial charge on any atom is 0.295 e. The Balaban J connectivity index is 1.54. The zero-order chi connectivity index (χ0) is 20.5. The van der Waals surface area contributed by atoms with Gasteiger partial charge in [-0.25, -0.2) is 9.67 Å². The van der Waals surface area contributed by atoms with Crippen LogP contribution >= 0.6 is 11.8 Å². The number of hydrogen-bond donors (Lipinski definition) is 2. The van der Waals surface area contributed by atoms with E-state index >= 15 is 0 Å². The second kappa shape index (κ2) is 7.63. The van der Waals surface area contributed by atoms with E-state index < -0.39 is 5.25 Å². The van der Waals surface area contributed by atoms with Gasteiger partial charge in [-0.3, -0.25) is 14.7 Å². The Labute approximate surface area is 171 Å². The normalized spacial score (nSPS) is 12.2. The van der Waals surface area contributed by atoms with Gasteiger partial charge in [0, 0.05) is 7.05 Å². The Morgan fingerprint density at radius 1 is 1.14 bits per heavy atom. The van der Waals surface area contributed by atoms with E-state index in [0.29, 0.717) is 11.4 Å². The van der Waals surface area contributed by atoms with Gasteiger partial charge in [0.05, 0.1) is 27.7 Å². The number of aromatic amines is 1. The van der Waals surface area contributed by atoms with Crippen LogP contribution in [0.4, 0.5) is 5.69 Å². The molecule has 148 valence electrons. The van der Waals surface area contributed by atoms with Crippen molar-refractivity contribution >= 4 is 34.4 Å². The van der Waals surface area contributed by atoms with E-state index in [1.54, 1.807) is 13.8 Å². The van der Waals surface area contributed by atoms with Gasteiger partial charge < -0.3 is 9.88 Å². The molecule has 0 radical (unpaired) electrons. The predicted octanol–water partition coefficient (Wildman–Crippen LogP) is 3.48. The molecule has 0 bridgehead atoms. The van der Waals surface area contributed by atoms with E-state index in [-0.39, 0.29) is 17.2 Å². The molecule has 2 aromatic carbocycles. The van der Waals surface area contributed by atoms with Crippen molar-refractivity contribution in [2.45, 2.75) is 24.3 Å². The van der Waals surface area contributed by atoms with Crippen LogP contribution < -0.4 is 10.9 Å². The number of para-hydroxylation sites is 3. The zero-order valence-corrected chi connectivity index (χ0v) is 17.2. The van der Waals surface area contributed by atoms with Gasteiger partial charge in [0.15, 0.2) is 5.16 Å². The van der Waals surface area contributed by atoms with Crippen LogP contribution in [0.25, 0.3) is 16.7 Å². The zero-order valence-electron chi connectivity index (χ0n) is 16.3. The quantitative estimate of drug-likeness (QED) is 0.496. The maximum atomic E-state index is 12.8. The topological polar surface area (TPSA) is 84.7 Å². The molecule has 4 rings (SSSR count). The molecule has 2 aromatic heterocycles. The van der Waals surface area contributed by atoms with Crippen LogP contribution in [0.5, 0.6) is 0 Å². The van der Waals surface area contributed by atoms with Crippen LogP contribution in [0.15, 0.2) is 64.5 Å². The molecule has 2 N–H and O–H groups in total. The Morgan fingerprint density at radius 2 is 1.83 bits per heavy atom. The number of hydrogen-bond acceptors (Lipinski definition) is 4. The van der Waals surface area contributed by atoms with E-state index in [4.69, 9.17) is 0 Å². The smallest absolute Gasteiger partial charge is 0.295 e. The van der Waals surface area contributed by atoms with Gasteiger partial charge >= 0.3 is 0 Å². The third-order valence-corrected chi connectivity index (χ3v) is 5.88. The van der Waals surface area contributed by atoms with Crippen LogP contribution in [0, 0.1) is 6.92 Å². The summed E-state index contributed by atoms with van der Waals surface area (Å²) in [5, 5.41) is 6.12. The minimum Gasteiger partial charge on any atom is -0.322 e. The lowest BCUT2D eigenvalue weighted by Crippen LogP contribution is -2.27. The van der Waals surface area contributed by atoms with Crippen molar-refractivity contribution in [2.75, 3.05) is 5.32 Å². The Kier molecular flexibility index (Phi) is 5.02. The summed E-state index contributed by atoms with van der Waals surface area (Å²) >= 11 is 1.36. The second-order valence-corrected chi connectivity index (χ2v) is 8.09. The Bertz CT molecular complexity index is 1240. The molecule has 4 aromatic rings. The first-order valence-corrected chi connectivity index (χ1v) is 10.1. The lowest BCUT2D eigenvalue weighted by Gasteiger charge is -2.10. The summed E-state index contributed by atoms with van der Waals surface area (Å²) in [6.45, 7) is 3.57. The number of benzene rings is 2. The van der Waals surface area contributed by atoms with Crippen LogP contribution in [-0.4, -0.2) is 30.5 Å². The number of aryl methyl sites for hydroxylation is 2. The number of amides is 1. The van der Waals surface area contributed by atoms with Crippen molar-refractivity contribution in [3.05, 3.63) is 70.6 Å². The van der Waals surface area contributed by atoms with Crippen molar-refractivity contribution in [2.24, 2.45) is 7.05 Å². The monoisotopic (exact) mass is 407 g/mol. The first-order chi connectivity index (χ1) is 14.0. The largest absolute Gasteiger partial charge is 0.322 e. The summed E-state index contributed by atoms with van der Waals surface area (Å²) in [5.41, 5.74) is 3.18. The van der Waals surface area contributed by atoms with Gasteiger partial charge in [-0.2, -0.15) is 0 Å². The average Bonchev–Trinajstić information content (AvgIpc) is 3.19. The molecule has 0 saturated heterocycles. The summed E-state index contributed by atoms with van der Waals surface area (Å²) in [6.07, 6.45) is 0. The van der Waals surface area contributed by atoms with E-state index in [1.165, 1.54) is 16.4 Å². The minimum absolute atomic E-state index is 0.249. The number of rotatable bonds is 5. The van der Waals surface area contributed by atoms with Crippen molar-refractivity contribution < 1.29 is 4.79 Å². The Morgan fingerprint density at radius 3 is 2.55 bits per heavy atom. The number of imidazole rings is 1. The first kappa shape index (κ1) is 19.1. The number of H-pyrrole nitrogens is 1. The molecule has 2 heterocycles. The number of nitrogens with zero attached hydrogens (tertiary/aromatic N) is 3. The SMILES string of the molecule is Cc1[nH]n(-c2ccccc2)c(=O)c1NC(=O)C(C)Sc1nc2ccccc2n1C. The predicted molar refractivity (Wildman–Crippen MR) is 116 cm³/mol. The number of carbonyl (C=O) groups excluding carboxylic acids is 1. The molecule has 0 fully saturated rings. The molecule has 0 aliphatic carbocycles. The van der Waals surface area contributed by atoms with Crippen molar-refractivity contribution in [3.63, 3.8) is 0 Å². The third kappa shape index (κ3) is 3.58. The highest BCUT2D eigenvalue weighted by Crippen LogP contribution is 2.26. The lowest BCUT2D eigenvalue weighted by atomic mass is 10.3. The average molecular weight is 407 g/mol. The number of fused-ring (bicyclic) bond motifs is 1. The fourth-order valence-electron chi connectivity index (χ4n) is 3.12. The number of anilines is 1. The highest BCUT2D eigenvalue weighted by molar-refractivity contribution is 8.00. The van der Waals surface area contributed by atoms with Gasteiger partial charge in [-0.05, 0) is 38.1 Å². The van der Waals surface area contributed by atoms with Crippen molar-refractivity contribution in [1.29, 1.82) is 0 Å². The van der Waals surface area contributed by atoms with E-state index in [9.17, 15) is 9.59 Å². The summed E-state index contributed by atoms with van der Waals surface area (Å²) in [6, 6.07) is 17.1. The summed E-state index contributed by atoms with van der Waals surface area (Å²) in [5.74, 6) is -0.249. The standard InChI is InChI=1S/C21H21N5O2S/c1-13-18(20(28)26(24-13)15-9-5-4-6-10-15)23-19(27)14(2)29-21-22-16-11-7-8-12-17(16)25(21)3/h4-12,14,24H,1-3H3,(H,23,27). The van der Waals surface area contributed by atoms with E-state index in [2.05, 4.69) is 15.4 Å². The number of aromatic nitrogens is 4. The van der Waals surface area contributed by atoms with Gasteiger partial charge in [0.2, 0.25) is 5.91 Å². The van der Waals surface area contributed by atoms with Gasteiger partial charge in [-0.15, -0.1) is 0 Å². The van der Waals surface area contributed by atoms with Crippen LogP contribution in [0.3, 0.4) is 0 Å². The van der Waals surface area contributed by atoms with Gasteiger partial charge in [-0.1, -0.05) is 42.1 Å². The molecule has 1 atom stereocenters.